The van der Waals surface area contributed by atoms with Gasteiger partial charge in [-0.1, -0.05) is 35.9 Å². The lowest BCUT2D eigenvalue weighted by Crippen LogP contribution is -2.43. The molecule has 40 heavy (non-hydrogen) atoms. The third kappa shape index (κ3) is 6.50. The molecule has 7 nitrogen and oxygen atoms in total. The first-order chi connectivity index (χ1) is 18.5. The molecule has 0 bridgehead atoms. The number of nitrogens with zero attached hydrogens (tertiary/aromatic N) is 2. The van der Waals surface area contributed by atoms with Gasteiger partial charge in [-0.2, -0.15) is 31.4 Å². The van der Waals surface area contributed by atoms with Gasteiger partial charge in [0, 0.05) is 11.8 Å². The Morgan fingerprint density at radius 3 is 2.40 bits per heavy atom. The van der Waals surface area contributed by atoms with E-state index in [1.807, 2.05) is 0 Å². The van der Waals surface area contributed by atoms with Crippen molar-refractivity contribution in [2.75, 3.05) is 12.8 Å². The van der Waals surface area contributed by atoms with Crippen molar-refractivity contribution >= 4 is 33.0 Å². The number of rotatable bonds is 6. The first kappa shape index (κ1) is 29.2. The van der Waals surface area contributed by atoms with Crippen molar-refractivity contribution in [2.45, 2.75) is 23.3 Å². The van der Waals surface area contributed by atoms with Gasteiger partial charge < -0.3 is 10.6 Å². The van der Waals surface area contributed by atoms with Gasteiger partial charge in [0.05, 0.1) is 21.3 Å². The molecule has 0 spiro atoms. The summed E-state index contributed by atoms with van der Waals surface area (Å²) < 4.78 is 104. The Hall–Kier alpha value is -3.78. The van der Waals surface area contributed by atoms with Crippen LogP contribution in [0, 0.1) is 0 Å². The van der Waals surface area contributed by atoms with Crippen LogP contribution in [0.4, 0.5) is 26.3 Å². The van der Waals surface area contributed by atoms with Crippen LogP contribution in [-0.4, -0.2) is 55.3 Å². The number of benzene rings is 2. The third-order valence-electron chi connectivity index (χ3n) is 5.73. The summed E-state index contributed by atoms with van der Waals surface area (Å²) in [5, 5.41) is 7.71. The number of nitrogens with one attached hydrogen (secondary N) is 2. The lowest BCUT2D eigenvalue weighted by atomic mass is 10.0. The summed E-state index contributed by atoms with van der Waals surface area (Å²) in [6.07, 6.45) is -5.04. The van der Waals surface area contributed by atoms with E-state index in [4.69, 9.17) is 11.6 Å². The summed E-state index contributed by atoms with van der Waals surface area (Å²) in [4.78, 5) is 12.5. The van der Waals surface area contributed by atoms with Gasteiger partial charge in [-0.15, -0.1) is 0 Å². The second-order valence-corrected chi connectivity index (χ2v) is 11.1. The van der Waals surface area contributed by atoms with Crippen LogP contribution in [0.15, 0.2) is 71.8 Å². The number of allylic oxidation sites excluding steroid dienone is 2. The van der Waals surface area contributed by atoms with Gasteiger partial charge in [-0.3, -0.25) is 4.79 Å². The predicted molar refractivity (Wildman–Crippen MR) is 136 cm³/mol. The SMILES string of the molecule is CS(=O)(=O)c1cccc(-c2ccc(-c3cc(C(=O)NCC(F)(F)F)nn3C3=CC=CNC3C(F)(F)F)c(Cl)c2)c1. The standard InChI is InChI=1S/C25H19ClF6N4O3S/c1-40(38,39)16-5-2-4-14(10-16)15-7-8-17(18(26)11-15)21-12-19(23(37)34-13-24(27,28)29)35-36(21)20-6-3-9-33-22(20)25(30,31)32/h2-12,22,33H,13H2,1H3,(H,34,37). The lowest BCUT2D eigenvalue weighted by molar-refractivity contribution is -0.141. The van der Waals surface area contributed by atoms with Crippen LogP contribution in [-0.2, 0) is 9.84 Å². The molecular weight excluding hydrogens is 586 g/mol. The molecule has 2 aromatic carbocycles. The van der Waals surface area contributed by atoms with Crippen LogP contribution in [0.3, 0.4) is 0 Å². The average Bonchev–Trinajstić information content (AvgIpc) is 3.31. The van der Waals surface area contributed by atoms with Crippen LogP contribution >= 0.6 is 11.6 Å². The number of hydrogen-bond acceptors (Lipinski definition) is 5. The van der Waals surface area contributed by atoms with Crippen molar-refractivity contribution in [1.29, 1.82) is 0 Å². The number of amides is 1. The Morgan fingerprint density at radius 1 is 1.07 bits per heavy atom. The third-order valence-corrected chi connectivity index (χ3v) is 7.15. The van der Waals surface area contributed by atoms with Gasteiger partial charge in [0.1, 0.15) is 6.54 Å². The zero-order valence-corrected chi connectivity index (χ0v) is 21.9. The molecule has 0 saturated heterocycles. The van der Waals surface area contributed by atoms with Crippen molar-refractivity contribution in [3.63, 3.8) is 0 Å². The fourth-order valence-corrected chi connectivity index (χ4v) is 4.84. The van der Waals surface area contributed by atoms with Crippen molar-refractivity contribution in [3.05, 3.63) is 77.6 Å². The van der Waals surface area contributed by atoms with Crippen LogP contribution in [0.2, 0.25) is 5.02 Å². The minimum atomic E-state index is -4.79. The zero-order chi connectivity index (χ0) is 29.5. The summed E-state index contributed by atoms with van der Waals surface area (Å²) in [6.45, 7) is -1.67. The molecular formula is C25H19ClF6N4O3S. The van der Waals surface area contributed by atoms with E-state index in [0.717, 1.165) is 29.3 Å². The smallest absolute Gasteiger partial charge is 0.375 e. The highest BCUT2D eigenvalue weighted by Gasteiger charge is 2.44. The Kier molecular flexibility index (Phi) is 7.78. The van der Waals surface area contributed by atoms with E-state index in [2.05, 4.69) is 10.4 Å². The Bertz CT molecular complexity index is 1630. The summed E-state index contributed by atoms with van der Waals surface area (Å²) in [5.41, 5.74) is -0.0567. The highest BCUT2D eigenvalue weighted by molar-refractivity contribution is 7.90. The van der Waals surface area contributed by atoms with E-state index in [-0.39, 0.29) is 21.2 Å². The van der Waals surface area contributed by atoms with Crippen LogP contribution < -0.4 is 10.6 Å². The van der Waals surface area contributed by atoms with E-state index in [9.17, 15) is 39.6 Å². The summed E-state index contributed by atoms with van der Waals surface area (Å²) in [7, 11) is -3.51. The number of dihydropyridines is 1. The molecule has 1 unspecified atom stereocenters. The molecule has 2 heterocycles. The van der Waals surface area contributed by atoms with Crippen LogP contribution in [0.25, 0.3) is 28.1 Å². The van der Waals surface area contributed by atoms with Crippen molar-refractivity contribution in [1.82, 2.24) is 20.4 Å². The van der Waals surface area contributed by atoms with E-state index in [1.165, 1.54) is 42.5 Å². The molecule has 0 fully saturated rings. The number of hydrogen-bond donors (Lipinski definition) is 2. The maximum absolute atomic E-state index is 13.8. The molecule has 2 N–H and O–H groups in total. The summed E-state index contributed by atoms with van der Waals surface area (Å²) >= 11 is 6.51. The average molecular weight is 605 g/mol. The molecule has 1 aromatic heterocycles. The van der Waals surface area contributed by atoms with Gasteiger partial charge in [0.25, 0.3) is 5.91 Å². The van der Waals surface area contributed by atoms with E-state index in [1.54, 1.807) is 11.4 Å². The minimum Gasteiger partial charge on any atom is -0.375 e. The normalized spacial score (nSPS) is 15.9. The molecule has 4 rings (SSSR count). The maximum Gasteiger partial charge on any atom is 0.414 e. The molecule has 0 aliphatic carbocycles. The second kappa shape index (κ2) is 10.7. The largest absolute Gasteiger partial charge is 0.414 e. The monoisotopic (exact) mass is 604 g/mol. The number of alkyl halides is 6. The van der Waals surface area contributed by atoms with Crippen LogP contribution in [0.5, 0.6) is 0 Å². The van der Waals surface area contributed by atoms with E-state index < -0.39 is 52.1 Å². The topological polar surface area (TPSA) is 93.1 Å². The van der Waals surface area contributed by atoms with Gasteiger partial charge in [0.15, 0.2) is 21.6 Å². The van der Waals surface area contributed by atoms with Crippen molar-refractivity contribution in [3.8, 4) is 22.4 Å². The highest BCUT2D eigenvalue weighted by Crippen LogP contribution is 2.37. The predicted octanol–water partition coefficient (Wildman–Crippen LogP) is 5.45. The van der Waals surface area contributed by atoms with Gasteiger partial charge in [-0.25, -0.2) is 13.1 Å². The Morgan fingerprint density at radius 2 is 1.77 bits per heavy atom. The number of carbonyl (C=O) groups excluding carboxylic acids is 1. The second-order valence-electron chi connectivity index (χ2n) is 8.71. The fourth-order valence-electron chi connectivity index (χ4n) is 3.90. The number of halogens is 7. The quantitative estimate of drug-likeness (QED) is 0.365. The first-order valence-corrected chi connectivity index (χ1v) is 13.6. The highest BCUT2D eigenvalue weighted by atomic mass is 35.5. The number of carbonyl (C=O) groups is 1. The fraction of sp³-hybridized carbons (Fsp3) is 0.200. The molecule has 15 heteroatoms. The van der Waals surface area contributed by atoms with Crippen LogP contribution in [0.1, 0.15) is 10.5 Å². The molecule has 0 radical (unpaired) electrons. The maximum atomic E-state index is 13.8. The minimum absolute atomic E-state index is 0.00544. The van der Waals surface area contributed by atoms with Crippen molar-refractivity contribution < 1.29 is 39.6 Å². The van der Waals surface area contributed by atoms with Gasteiger partial charge in [0.2, 0.25) is 0 Å². The summed E-state index contributed by atoms with van der Waals surface area (Å²) in [5.74, 6) is -1.26. The van der Waals surface area contributed by atoms with E-state index >= 15 is 0 Å². The Labute approximate surface area is 229 Å². The van der Waals surface area contributed by atoms with Crippen molar-refractivity contribution in [2.24, 2.45) is 0 Å². The Balaban J connectivity index is 1.82. The molecule has 1 atom stereocenters. The number of aromatic nitrogens is 2. The first-order valence-electron chi connectivity index (χ1n) is 11.3. The van der Waals surface area contributed by atoms with Gasteiger partial charge in [-0.05, 0) is 53.7 Å². The molecule has 212 valence electrons. The molecule has 1 aliphatic heterocycles. The summed E-state index contributed by atoms with van der Waals surface area (Å²) in [6, 6.07) is 9.16. The molecule has 3 aromatic rings. The molecule has 1 aliphatic rings. The number of sulfone groups is 1. The van der Waals surface area contributed by atoms with Gasteiger partial charge >= 0.3 is 12.4 Å². The zero-order valence-electron chi connectivity index (χ0n) is 20.3. The molecule has 0 saturated carbocycles. The molecule has 1 amide bonds. The lowest BCUT2D eigenvalue weighted by Gasteiger charge is -2.26. The van der Waals surface area contributed by atoms with E-state index in [0.29, 0.717) is 11.1 Å².